The number of likely N-dealkylation sites (tertiary alicyclic amines) is 1. The summed E-state index contributed by atoms with van der Waals surface area (Å²) < 4.78 is 6.13. The van der Waals surface area contributed by atoms with Gasteiger partial charge in [-0.15, -0.1) is 0 Å². The fraction of sp³-hybridized carbons (Fsp3) is 0.143. The third kappa shape index (κ3) is 4.02. The van der Waals surface area contributed by atoms with E-state index in [9.17, 15) is 19.7 Å². The van der Waals surface area contributed by atoms with Gasteiger partial charge in [0.1, 0.15) is 23.5 Å². The second-order valence-electron chi connectivity index (χ2n) is 9.03. The number of fused-ring (bicyclic) bond motifs is 1. The van der Waals surface area contributed by atoms with Crippen LogP contribution in [0.5, 0.6) is 0 Å². The Morgan fingerprint density at radius 1 is 0.895 bits per heavy atom. The highest BCUT2D eigenvalue weighted by atomic mass is 35.5. The molecule has 0 saturated carbocycles. The predicted octanol–water partition coefficient (Wildman–Crippen LogP) is 5.55. The van der Waals surface area contributed by atoms with Crippen molar-refractivity contribution in [3.8, 4) is 11.3 Å². The van der Waals surface area contributed by atoms with Crippen LogP contribution >= 0.6 is 11.6 Å². The molecule has 0 unspecified atom stereocenters. The Morgan fingerprint density at radius 2 is 1.61 bits per heavy atom. The number of hydrogen-bond acceptors (Lipinski definition) is 7. The topological polar surface area (TPSA) is 106 Å². The average Bonchev–Trinajstić information content (AvgIpc) is 3.62. The largest absolute Gasteiger partial charge is 0.458 e. The molecule has 0 radical (unpaired) electrons. The van der Waals surface area contributed by atoms with Crippen molar-refractivity contribution in [2.75, 3.05) is 5.06 Å². The number of halogens is 1. The molecule has 2 aliphatic heterocycles. The molecule has 3 heterocycles. The molecule has 3 atom stereocenters. The van der Waals surface area contributed by atoms with Crippen molar-refractivity contribution in [3.63, 3.8) is 0 Å². The van der Waals surface area contributed by atoms with Gasteiger partial charge in [0.15, 0.2) is 6.10 Å². The minimum Gasteiger partial charge on any atom is -0.458 e. The fourth-order valence-electron chi connectivity index (χ4n) is 5.00. The number of nitrogens with zero attached hydrogens (tertiary/aromatic N) is 3. The Kier molecular flexibility index (Phi) is 5.94. The number of nitro groups is 1. The number of carbonyl (C=O) groups excluding carboxylic acids is 2. The molecule has 6 rings (SSSR count). The zero-order valence-electron chi connectivity index (χ0n) is 19.8. The first-order valence-electron chi connectivity index (χ1n) is 11.9. The van der Waals surface area contributed by atoms with E-state index < -0.39 is 28.9 Å². The molecule has 4 aromatic rings. The first-order chi connectivity index (χ1) is 18.4. The van der Waals surface area contributed by atoms with Crippen molar-refractivity contribution in [1.29, 1.82) is 0 Å². The number of rotatable bonds is 6. The van der Waals surface area contributed by atoms with E-state index in [1.54, 1.807) is 24.3 Å². The zero-order chi connectivity index (χ0) is 26.4. The second-order valence-corrected chi connectivity index (χ2v) is 9.46. The Balaban J connectivity index is 1.40. The van der Waals surface area contributed by atoms with Crippen molar-refractivity contribution in [3.05, 3.63) is 117 Å². The summed E-state index contributed by atoms with van der Waals surface area (Å²) in [6.45, 7) is 0.132. The van der Waals surface area contributed by atoms with Crippen LogP contribution in [0.4, 0.5) is 11.4 Å². The molecule has 9 nitrogen and oxygen atoms in total. The van der Waals surface area contributed by atoms with Gasteiger partial charge in [0.25, 0.3) is 11.6 Å². The number of imide groups is 1. The van der Waals surface area contributed by atoms with Gasteiger partial charge in [0, 0.05) is 11.1 Å². The Labute approximate surface area is 221 Å². The van der Waals surface area contributed by atoms with Crippen LogP contribution in [0, 0.1) is 16.0 Å². The summed E-state index contributed by atoms with van der Waals surface area (Å²) in [4.78, 5) is 45.5. The van der Waals surface area contributed by atoms with Crippen LogP contribution < -0.4 is 5.06 Å². The first kappa shape index (κ1) is 23.9. The molecule has 2 saturated heterocycles. The van der Waals surface area contributed by atoms with Gasteiger partial charge >= 0.3 is 0 Å². The lowest BCUT2D eigenvalue weighted by molar-refractivity contribution is -0.384. The molecule has 10 heteroatoms. The van der Waals surface area contributed by atoms with Crippen LogP contribution in [0.25, 0.3) is 11.3 Å². The number of carbonyl (C=O) groups is 2. The van der Waals surface area contributed by atoms with Gasteiger partial charge in [-0.1, -0.05) is 60.1 Å². The molecular formula is C28H20ClN3O6. The van der Waals surface area contributed by atoms with Gasteiger partial charge < -0.3 is 4.42 Å². The molecule has 38 heavy (non-hydrogen) atoms. The summed E-state index contributed by atoms with van der Waals surface area (Å²) in [5.41, 5.74) is 1.49. The van der Waals surface area contributed by atoms with Crippen LogP contribution in [0.3, 0.4) is 0 Å². The Bertz CT molecular complexity index is 1540. The standard InChI is InChI=1S/C28H20ClN3O6/c29-18-11-12-20(21(15-18)32(35)36)22-13-14-23(37-22)25-24-26(38-31(25)19-9-5-2-6-10-19)28(34)30(27(24)33)16-17-7-3-1-4-8-17/h1-15,24-26H,16H2/t24-,25-,26+/m0/s1. The molecule has 3 aromatic carbocycles. The van der Waals surface area contributed by atoms with Crippen molar-refractivity contribution in [2.24, 2.45) is 5.92 Å². The van der Waals surface area contributed by atoms with Gasteiger partial charge in [0.2, 0.25) is 5.91 Å². The lowest BCUT2D eigenvalue weighted by Gasteiger charge is -2.27. The van der Waals surface area contributed by atoms with Gasteiger partial charge in [-0.05, 0) is 42.0 Å². The van der Waals surface area contributed by atoms with E-state index in [1.807, 2.05) is 48.5 Å². The van der Waals surface area contributed by atoms with Crippen molar-refractivity contribution >= 4 is 34.8 Å². The third-order valence-electron chi connectivity index (χ3n) is 6.74. The lowest BCUT2D eigenvalue weighted by atomic mass is 9.94. The van der Waals surface area contributed by atoms with E-state index in [0.29, 0.717) is 11.4 Å². The molecule has 2 aliphatic rings. The maximum Gasteiger partial charge on any atom is 0.281 e. The van der Waals surface area contributed by atoms with Crippen molar-refractivity contribution in [1.82, 2.24) is 4.90 Å². The summed E-state index contributed by atoms with van der Waals surface area (Å²) in [6, 6.07) is 25.1. The summed E-state index contributed by atoms with van der Waals surface area (Å²) in [6.07, 6.45) is -1.03. The molecule has 2 amide bonds. The predicted molar refractivity (Wildman–Crippen MR) is 138 cm³/mol. The normalized spacial score (nSPS) is 20.7. The molecule has 0 N–H and O–H groups in total. The highest BCUT2D eigenvalue weighted by Gasteiger charge is 2.60. The zero-order valence-corrected chi connectivity index (χ0v) is 20.5. The molecule has 1 aromatic heterocycles. The Morgan fingerprint density at radius 3 is 2.32 bits per heavy atom. The summed E-state index contributed by atoms with van der Waals surface area (Å²) in [7, 11) is 0. The van der Waals surface area contributed by atoms with Gasteiger partial charge in [-0.3, -0.25) is 29.4 Å². The number of furan rings is 1. The van der Waals surface area contributed by atoms with Crippen molar-refractivity contribution in [2.45, 2.75) is 18.7 Å². The average molecular weight is 530 g/mol. The molecule has 0 aliphatic carbocycles. The van der Waals surface area contributed by atoms with E-state index in [-0.39, 0.29) is 34.5 Å². The van der Waals surface area contributed by atoms with Crippen LogP contribution in [0.1, 0.15) is 17.4 Å². The van der Waals surface area contributed by atoms with Gasteiger partial charge in [-0.25, -0.2) is 5.06 Å². The fourth-order valence-corrected chi connectivity index (χ4v) is 5.17. The number of anilines is 1. The highest BCUT2D eigenvalue weighted by molar-refractivity contribution is 6.30. The minimum atomic E-state index is -1.03. The molecule has 0 bridgehead atoms. The highest BCUT2D eigenvalue weighted by Crippen LogP contribution is 2.48. The number of hydrogen-bond donors (Lipinski definition) is 0. The van der Waals surface area contributed by atoms with Crippen LogP contribution in [0.15, 0.2) is 95.4 Å². The first-order valence-corrected chi connectivity index (χ1v) is 12.2. The maximum absolute atomic E-state index is 13.7. The summed E-state index contributed by atoms with van der Waals surface area (Å²) in [5.74, 6) is -1.10. The van der Waals surface area contributed by atoms with Crippen LogP contribution in [-0.2, 0) is 21.0 Å². The number of amides is 2. The quantitative estimate of drug-likeness (QED) is 0.183. The number of benzene rings is 3. The number of nitro benzene ring substituents is 1. The maximum atomic E-state index is 13.7. The van der Waals surface area contributed by atoms with E-state index >= 15 is 0 Å². The SMILES string of the molecule is O=C1[C@@H]2[C@@H](ON(c3ccccc3)[C@H]2c2ccc(-c3ccc(Cl)cc3[N+](=O)[O-])o2)C(=O)N1Cc1ccccc1. The lowest BCUT2D eigenvalue weighted by Crippen LogP contribution is -2.36. The minimum absolute atomic E-state index is 0.132. The Hall–Kier alpha value is -4.47. The third-order valence-corrected chi connectivity index (χ3v) is 6.98. The monoisotopic (exact) mass is 529 g/mol. The molecule has 2 fully saturated rings. The summed E-state index contributed by atoms with van der Waals surface area (Å²) >= 11 is 5.97. The number of hydroxylamine groups is 1. The van der Waals surface area contributed by atoms with E-state index in [0.717, 1.165) is 5.56 Å². The van der Waals surface area contributed by atoms with E-state index in [1.165, 1.54) is 28.2 Å². The van der Waals surface area contributed by atoms with Crippen LogP contribution in [-0.4, -0.2) is 27.7 Å². The van der Waals surface area contributed by atoms with Crippen LogP contribution in [0.2, 0.25) is 5.02 Å². The van der Waals surface area contributed by atoms with E-state index in [4.69, 9.17) is 20.9 Å². The second kappa shape index (κ2) is 9.44. The van der Waals surface area contributed by atoms with E-state index in [2.05, 4.69) is 0 Å². The molecular weight excluding hydrogens is 510 g/mol. The van der Waals surface area contributed by atoms with Gasteiger partial charge in [0.05, 0.1) is 22.7 Å². The summed E-state index contributed by atoms with van der Waals surface area (Å²) in [5, 5.41) is 13.4. The smallest absolute Gasteiger partial charge is 0.281 e. The molecule has 190 valence electrons. The van der Waals surface area contributed by atoms with Crippen molar-refractivity contribution < 1.29 is 23.8 Å². The van der Waals surface area contributed by atoms with Gasteiger partial charge in [-0.2, -0.15) is 0 Å². The molecule has 0 spiro atoms. The number of para-hydroxylation sites is 1.